The fourth-order valence-corrected chi connectivity index (χ4v) is 0.504. The minimum absolute atomic E-state index is 0.702. The number of nitrogens with one attached hydrogen (secondary N) is 1. The largest absolute Gasteiger partial charge is 0.330 e. The maximum absolute atomic E-state index is 3.95. The molecule has 0 aliphatic carbocycles. The monoisotopic (exact) mass is 136 g/mol. The lowest BCUT2D eigenvalue weighted by molar-refractivity contribution is 1.21. The number of anilines is 1. The van der Waals surface area contributed by atoms with Crippen LogP contribution in [0.5, 0.6) is 0 Å². The van der Waals surface area contributed by atoms with Gasteiger partial charge in [0.2, 0.25) is 0 Å². The van der Waals surface area contributed by atoms with Gasteiger partial charge in [-0.3, -0.25) is 9.98 Å². The lowest BCUT2D eigenvalue weighted by Gasteiger charge is -1.93. The maximum atomic E-state index is 3.95. The standard InChI is InChI=1S/C6H8N4/c1-7-5-10-6-4-8-2-3-9-6/h2-5H,1H3,(H,7,9,10). The average Bonchev–Trinajstić information content (AvgIpc) is 2.03. The molecular weight excluding hydrogens is 128 g/mol. The molecule has 4 nitrogen and oxygen atoms in total. The lowest BCUT2D eigenvalue weighted by Crippen LogP contribution is -1.96. The number of hydrogen-bond donors (Lipinski definition) is 1. The van der Waals surface area contributed by atoms with E-state index in [4.69, 9.17) is 0 Å². The van der Waals surface area contributed by atoms with Crippen LogP contribution >= 0.6 is 0 Å². The molecule has 0 unspecified atom stereocenters. The molecule has 0 bridgehead atoms. The molecule has 0 radical (unpaired) electrons. The van der Waals surface area contributed by atoms with Gasteiger partial charge in [-0.2, -0.15) is 0 Å². The predicted molar refractivity (Wildman–Crippen MR) is 40.1 cm³/mol. The van der Waals surface area contributed by atoms with Crippen LogP contribution in [0, 0.1) is 0 Å². The molecule has 1 N–H and O–H groups in total. The van der Waals surface area contributed by atoms with Crippen LogP contribution in [0.4, 0.5) is 5.82 Å². The third kappa shape index (κ3) is 1.81. The molecule has 1 rings (SSSR count). The van der Waals surface area contributed by atoms with E-state index in [2.05, 4.69) is 20.3 Å². The fraction of sp³-hybridized carbons (Fsp3) is 0.167. The molecule has 0 spiro atoms. The lowest BCUT2D eigenvalue weighted by atomic mass is 10.7. The van der Waals surface area contributed by atoms with Crippen LogP contribution < -0.4 is 5.32 Å². The average molecular weight is 136 g/mol. The van der Waals surface area contributed by atoms with Gasteiger partial charge < -0.3 is 5.32 Å². The van der Waals surface area contributed by atoms with Gasteiger partial charge in [-0.15, -0.1) is 0 Å². The quantitative estimate of drug-likeness (QED) is 0.477. The van der Waals surface area contributed by atoms with E-state index in [-0.39, 0.29) is 0 Å². The number of aromatic nitrogens is 2. The van der Waals surface area contributed by atoms with E-state index in [9.17, 15) is 0 Å². The van der Waals surface area contributed by atoms with Gasteiger partial charge in [-0.1, -0.05) is 0 Å². The van der Waals surface area contributed by atoms with Gasteiger partial charge in [0.15, 0.2) is 0 Å². The van der Waals surface area contributed by atoms with Crippen molar-refractivity contribution in [3.63, 3.8) is 0 Å². The van der Waals surface area contributed by atoms with E-state index < -0.39 is 0 Å². The zero-order valence-electron chi connectivity index (χ0n) is 5.65. The molecular formula is C6H8N4. The van der Waals surface area contributed by atoms with E-state index in [0.717, 1.165) is 0 Å². The summed E-state index contributed by atoms with van der Waals surface area (Å²) in [4.78, 5) is 11.5. The van der Waals surface area contributed by atoms with Gasteiger partial charge in [0, 0.05) is 19.4 Å². The Morgan fingerprint density at radius 2 is 2.50 bits per heavy atom. The molecule has 1 aromatic heterocycles. The van der Waals surface area contributed by atoms with Crippen molar-refractivity contribution in [3.05, 3.63) is 18.6 Å². The summed E-state index contributed by atoms with van der Waals surface area (Å²) in [7, 11) is 1.68. The van der Waals surface area contributed by atoms with Crippen LogP contribution in [0.15, 0.2) is 23.6 Å². The van der Waals surface area contributed by atoms with E-state index in [1.54, 1.807) is 32.0 Å². The molecule has 1 heterocycles. The van der Waals surface area contributed by atoms with Gasteiger partial charge in [-0.05, 0) is 0 Å². The zero-order valence-corrected chi connectivity index (χ0v) is 5.65. The molecule has 0 saturated carbocycles. The second kappa shape index (κ2) is 3.55. The van der Waals surface area contributed by atoms with Crippen LogP contribution in [0.3, 0.4) is 0 Å². The van der Waals surface area contributed by atoms with Gasteiger partial charge >= 0.3 is 0 Å². The summed E-state index contributed by atoms with van der Waals surface area (Å²) in [5, 5.41) is 2.83. The van der Waals surface area contributed by atoms with Crippen LogP contribution in [-0.4, -0.2) is 23.4 Å². The van der Waals surface area contributed by atoms with Crippen LogP contribution in [0.1, 0.15) is 0 Å². The van der Waals surface area contributed by atoms with Crippen LogP contribution in [0.25, 0.3) is 0 Å². The second-order valence-electron chi connectivity index (χ2n) is 1.62. The van der Waals surface area contributed by atoms with Crippen molar-refractivity contribution < 1.29 is 0 Å². The second-order valence-corrected chi connectivity index (χ2v) is 1.62. The normalized spacial score (nSPS) is 10.1. The van der Waals surface area contributed by atoms with Crippen LogP contribution in [0.2, 0.25) is 0 Å². The highest BCUT2D eigenvalue weighted by atomic mass is 15.0. The first-order valence-electron chi connectivity index (χ1n) is 2.86. The topological polar surface area (TPSA) is 50.2 Å². The first-order chi connectivity index (χ1) is 4.93. The highest BCUT2D eigenvalue weighted by molar-refractivity contribution is 5.72. The van der Waals surface area contributed by atoms with E-state index >= 15 is 0 Å². The molecule has 0 aromatic carbocycles. The summed E-state index contributed by atoms with van der Waals surface area (Å²) < 4.78 is 0. The first kappa shape index (κ1) is 6.67. The highest BCUT2D eigenvalue weighted by Crippen LogP contribution is 1.92. The Morgan fingerprint density at radius 3 is 3.10 bits per heavy atom. The zero-order chi connectivity index (χ0) is 7.23. The Bertz CT molecular complexity index is 206. The van der Waals surface area contributed by atoms with Crippen molar-refractivity contribution in [2.75, 3.05) is 12.4 Å². The van der Waals surface area contributed by atoms with Crippen molar-refractivity contribution in [1.82, 2.24) is 9.97 Å². The van der Waals surface area contributed by atoms with Gasteiger partial charge in [0.1, 0.15) is 5.82 Å². The first-order valence-corrected chi connectivity index (χ1v) is 2.86. The van der Waals surface area contributed by atoms with Crippen molar-refractivity contribution >= 4 is 12.2 Å². The van der Waals surface area contributed by atoms with Crippen molar-refractivity contribution in [2.45, 2.75) is 0 Å². The summed E-state index contributed by atoms with van der Waals surface area (Å²) in [5.41, 5.74) is 0. The number of hydrogen-bond acceptors (Lipinski definition) is 3. The van der Waals surface area contributed by atoms with Crippen LogP contribution in [-0.2, 0) is 0 Å². The maximum Gasteiger partial charge on any atom is 0.149 e. The number of aliphatic imine (C=N–C) groups is 1. The molecule has 0 aliphatic rings. The summed E-state index contributed by atoms with van der Waals surface area (Å²) >= 11 is 0. The number of rotatable bonds is 2. The number of nitrogens with zero attached hydrogens (tertiary/aromatic N) is 3. The Hall–Kier alpha value is -1.45. The summed E-state index contributed by atoms with van der Waals surface area (Å²) in [6, 6.07) is 0. The minimum atomic E-state index is 0.702. The van der Waals surface area contributed by atoms with E-state index in [1.165, 1.54) is 0 Å². The molecule has 0 saturated heterocycles. The predicted octanol–water partition coefficient (Wildman–Crippen LogP) is 0.547. The Labute approximate surface area is 59.0 Å². The van der Waals surface area contributed by atoms with E-state index in [0.29, 0.717) is 5.82 Å². The van der Waals surface area contributed by atoms with E-state index in [1.807, 2.05) is 0 Å². The molecule has 10 heavy (non-hydrogen) atoms. The van der Waals surface area contributed by atoms with Gasteiger partial charge in [0.25, 0.3) is 0 Å². The SMILES string of the molecule is CN=CNc1cnccn1. The Balaban J connectivity index is 2.59. The highest BCUT2D eigenvalue weighted by Gasteiger charge is 1.84. The third-order valence-corrected chi connectivity index (χ3v) is 0.905. The van der Waals surface area contributed by atoms with Crippen molar-refractivity contribution in [2.24, 2.45) is 4.99 Å². The smallest absolute Gasteiger partial charge is 0.149 e. The van der Waals surface area contributed by atoms with Gasteiger partial charge in [-0.25, -0.2) is 4.98 Å². The Morgan fingerprint density at radius 1 is 1.60 bits per heavy atom. The Kier molecular flexibility index (Phi) is 2.37. The summed E-state index contributed by atoms with van der Waals surface area (Å²) in [6.07, 6.45) is 6.42. The van der Waals surface area contributed by atoms with Crippen molar-refractivity contribution in [3.8, 4) is 0 Å². The summed E-state index contributed by atoms with van der Waals surface area (Å²) in [5.74, 6) is 0.702. The van der Waals surface area contributed by atoms with Crippen molar-refractivity contribution in [1.29, 1.82) is 0 Å². The molecule has 4 heteroatoms. The third-order valence-electron chi connectivity index (χ3n) is 0.905. The fourth-order valence-electron chi connectivity index (χ4n) is 0.504. The molecule has 0 amide bonds. The minimum Gasteiger partial charge on any atom is -0.330 e. The molecule has 0 aliphatic heterocycles. The molecule has 1 aromatic rings. The molecule has 52 valence electrons. The molecule has 0 atom stereocenters. The van der Waals surface area contributed by atoms with Gasteiger partial charge in [0.05, 0.1) is 12.5 Å². The summed E-state index contributed by atoms with van der Waals surface area (Å²) in [6.45, 7) is 0. The molecule has 0 fully saturated rings.